The summed E-state index contributed by atoms with van der Waals surface area (Å²) in [4.78, 5) is 22.4. The number of carbonyl (C=O) groups is 1. The highest BCUT2D eigenvalue weighted by atomic mass is 16.2. The van der Waals surface area contributed by atoms with Crippen molar-refractivity contribution in [2.75, 3.05) is 25.0 Å². The summed E-state index contributed by atoms with van der Waals surface area (Å²) in [7, 11) is 0. The molecule has 4 aromatic rings. The molecule has 1 aliphatic rings. The molecule has 0 saturated carbocycles. The number of aromatic nitrogens is 2. The van der Waals surface area contributed by atoms with E-state index in [0.29, 0.717) is 12.1 Å². The van der Waals surface area contributed by atoms with Gasteiger partial charge in [-0.25, -0.2) is 4.98 Å². The van der Waals surface area contributed by atoms with Crippen LogP contribution in [0, 0.1) is 0 Å². The van der Waals surface area contributed by atoms with Gasteiger partial charge in [-0.15, -0.1) is 0 Å². The van der Waals surface area contributed by atoms with Gasteiger partial charge in [-0.1, -0.05) is 48.5 Å². The van der Waals surface area contributed by atoms with Gasteiger partial charge in [0.05, 0.1) is 5.56 Å². The maximum absolute atomic E-state index is 12.6. The maximum atomic E-state index is 12.6. The van der Waals surface area contributed by atoms with Gasteiger partial charge in [-0.3, -0.25) is 4.79 Å². The molecule has 0 aliphatic carbocycles. The summed E-state index contributed by atoms with van der Waals surface area (Å²) in [6.45, 7) is 2.41. The number of anilines is 1. The molecule has 5 nitrogen and oxygen atoms in total. The Balaban J connectivity index is 1.36. The number of benzene rings is 2. The Morgan fingerprint density at radius 1 is 1.00 bits per heavy atom. The first kappa shape index (κ1) is 19.4. The Labute approximate surface area is 182 Å². The number of hydrogen-bond acceptors (Lipinski definition) is 3. The van der Waals surface area contributed by atoms with E-state index in [2.05, 4.69) is 63.9 Å². The normalized spacial score (nSPS) is 14.6. The second-order valence-corrected chi connectivity index (χ2v) is 8.07. The van der Waals surface area contributed by atoms with Crippen molar-refractivity contribution in [1.29, 1.82) is 0 Å². The predicted octanol–water partition coefficient (Wildman–Crippen LogP) is 5.04. The molecule has 1 atom stereocenters. The number of nitrogens with zero attached hydrogens (tertiary/aromatic N) is 2. The van der Waals surface area contributed by atoms with E-state index in [9.17, 15) is 4.79 Å². The Kier molecular flexibility index (Phi) is 5.40. The molecule has 3 heterocycles. The topological polar surface area (TPSA) is 61.0 Å². The van der Waals surface area contributed by atoms with Gasteiger partial charge in [-0.05, 0) is 42.2 Å². The summed E-state index contributed by atoms with van der Waals surface area (Å²) in [5.74, 6) is 1.03. The standard InChI is InChI=1S/C26H26N4O/c31-26(30-14-6-7-15-30)20-12-13-25(28-16-20)29-17-22(19-8-2-1-3-9-19)23-18-27-24-11-5-4-10-21(23)24/h1-5,8-13,16,18,22,27H,6-7,14-15,17H2,(H,28,29)/t22-/m1/s1. The second kappa shape index (κ2) is 8.64. The predicted molar refractivity (Wildman–Crippen MR) is 124 cm³/mol. The van der Waals surface area contributed by atoms with E-state index >= 15 is 0 Å². The molecule has 2 aromatic heterocycles. The van der Waals surface area contributed by atoms with Crippen molar-refractivity contribution in [2.45, 2.75) is 18.8 Å². The maximum Gasteiger partial charge on any atom is 0.255 e. The summed E-state index contributed by atoms with van der Waals surface area (Å²) in [6, 6.07) is 22.7. The summed E-state index contributed by atoms with van der Waals surface area (Å²) in [5, 5.41) is 4.72. The van der Waals surface area contributed by atoms with Crippen molar-refractivity contribution in [1.82, 2.24) is 14.9 Å². The molecule has 5 rings (SSSR count). The van der Waals surface area contributed by atoms with Crippen LogP contribution in [-0.4, -0.2) is 40.4 Å². The van der Waals surface area contributed by atoms with Gasteiger partial charge in [0.15, 0.2) is 0 Å². The number of hydrogen-bond donors (Lipinski definition) is 2. The molecular weight excluding hydrogens is 384 g/mol. The largest absolute Gasteiger partial charge is 0.369 e. The molecule has 1 fully saturated rings. The molecular formula is C26H26N4O. The lowest BCUT2D eigenvalue weighted by molar-refractivity contribution is 0.0792. The third kappa shape index (κ3) is 4.04. The minimum Gasteiger partial charge on any atom is -0.369 e. The molecule has 31 heavy (non-hydrogen) atoms. The lowest BCUT2D eigenvalue weighted by atomic mass is 9.91. The van der Waals surface area contributed by atoms with Crippen LogP contribution in [0.2, 0.25) is 0 Å². The number of nitrogens with one attached hydrogen (secondary N) is 2. The van der Waals surface area contributed by atoms with E-state index in [1.807, 2.05) is 29.2 Å². The van der Waals surface area contributed by atoms with Crippen LogP contribution in [0.25, 0.3) is 10.9 Å². The Morgan fingerprint density at radius 2 is 1.77 bits per heavy atom. The number of likely N-dealkylation sites (tertiary alicyclic amines) is 1. The number of para-hydroxylation sites is 1. The number of H-pyrrole nitrogens is 1. The molecule has 5 heteroatoms. The van der Waals surface area contributed by atoms with E-state index in [1.54, 1.807) is 6.20 Å². The van der Waals surface area contributed by atoms with E-state index < -0.39 is 0 Å². The lowest BCUT2D eigenvalue weighted by Gasteiger charge is -2.19. The molecule has 0 radical (unpaired) electrons. The van der Waals surface area contributed by atoms with Crippen LogP contribution >= 0.6 is 0 Å². The summed E-state index contributed by atoms with van der Waals surface area (Å²) >= 11 is 0. The van der Waals surface area contributed by atoms with Gasteiger partial charge in [0, 0.05) is 48.8 Å². The number of fused-ring (bicyclic) bond motifs is 1. The fraction of sp³-hybridized carbons (Fsp3) is 0.231. The van der Waals surface area contributed by atoms with Crippen LogP contribution in [0.4, 0.5) is 5.82 Å². The zero-order valence-corrected chi connectivity index (χ0v) is 17.4. The second-order valence-electron chi connectivity index (χ2n) is 8.07. The van der Waals surface area contributed by atoms with Crippen LogP contribution in [0.1, 0.15) is 40.2 Å². The lowest BCUT2D eigenvalue weighted by Crippen LogP contribution is -2.27. The smallest absolute Gasteiger partial charge is 0.255 e. The Hall–Kier alpha value is -3.60. The van der Waals surface area contributed by atoms with E-state index in [-0.39, 0.29) is 11.8 Å². The summed E-state index contributed by atoms with van der Waals surface area (Å²) in [5.41, 5.74) is 4.31. The van der Waals surface area contributed by atoms with Gasteiger partial charge in [-0.2, -0.15) is 0 Å². The SMILES string of the molecule is O=C(c1ccc(NC[C@H](c2ccccc2)c2c[nH]c3ccccc23)nc1)N1CCCC1. The number of rotatable bonds is 6. The number of amides is 1. The van der Waals surface area contributed by atoms with Crippen molar-refractivity contribution < 1.29 is 4.79 Å². The highest BCUT2D eigenvalue weighted by Gasteiger charge is 2.20. The third-order valence-corrected chi connectivity index (χ3v) is 6.09. The van der Waals surface area contributed by atoms with Crippen molar-refractivity contribution in [3.05, 3.63) is 95.8 Å². The van der Waals surface area contributed by atoms with Crippen molar-refractivity contribution in [3.8, 4) is 0 Å². The van der Waals surface area contributed by atoms with Gasteiger partial charge in [0.25, 0.3) is 5.91 Å². The minimum absolute atomic E-state index is 0.0810. The first-order chi connectivity index (χ1) is 15.3. The fourth-order valence-corrected chi connectivity index (χ4v) is 4.41. The summed E-state index contributed by atoms with van der Waals surface area (Å²) in [6.07, 6.45) is 5.97. The van der Waals surface area contributed by atoms with Gasteiger partial charge >= 0.3 is 0 Å². The highest BCUT2D eigenvalue weighted by Crippen LogP contribution is 2.31. The van der Waals surface area contributed by atoms with Crippen LogP contribution < -0.4 is 5.32 Å². The first-order valence-corrected chi connectivity index (χ1v) is 10.9. The number of pyridine rings is 1. The fourth-order valence-electron chi connectivity index (χ4n) is 4.41. The molecule has 0 spiro atoms. The van der Waals surface area contributed by atoms with Gasteiger partial charge in [0.1, 0.15) is 5.82 Å². The number of aromatic amines is 1. The molecule has 1 amide bonds. The van der Waals surface area contributed by atoms with Crippen molar-refractivity contribution in [2.24, 2.45) is 0 Å². The average molecular weight is 411 g/mol. The zero-order valence-electron chi connectivity index (χ0n) is 17.4. The molecule has 2 N–H and O–H groups in total. The zero-order chi connectivity index (χ0) is 21.0. The van der Waals surface area contributed by atoms with Gasteiger partial charge < -0.3 is 15.2 Å². The average Bonchev–Trinajstić information content (AvgIpc) is 3.51. The van der Waals surface area contributed by atoms with Crippen molar-refractivity contribution >= 4 is 22.6 Å². The Morgan fingerprint density at radius 3 is 2.55 bits per heavy atom. The molecule has 2 aromatic carbocycles. The van der Waals surface area contributed by atoms with Crippen LogP contribution in [0.15, 0.2) is 79.1 Å². The van der Waals surface area contributed by atoms with Crippen LogP contribution in [-0.2, 0) is 0 Å². The third-order valence-electron chi connectivity index (χ3n) is 6.09. The highest BCUT2D eigenvalue weighted by molar-refractivity contribution is 5.94. The molecule has 0 bridgehead atoms. The minimum atomic E-state index is 0.0810. The van der Waals surface area contributed by atoms with Crippen LogP contribution in [0.3, 0.4) is 0 Å². The van der Waals surface area contributed by atoms with Crippen LogP contribution in [0.5, 0.6) is 0 Å². The van der Waals surface area contributed by atoms with E-state index in [4.69, 9.17) is 0 Å². The Bertz CT molecular complexity index is 1160. The quantitative estimate of drug-likeness (QED) is 0.468. The van der Waals surface area contributed by atoms with Gasteiger partial charge in [0.2, 0.25) is 0 Å². The molecule has 1 aliphatic heterocycles. The van der Waals surface area contributed by atoms with E-state index in [0.717, 1.165) is 37.3 Å². The molecule has 1 saturated heterocycles. The molecule has 0 unspecified atom stereocenters. The van der Waals surface area contributed by atoms with E-state index in [1.165, 1.54) is 16.5 Å². The molecule has 156 valence electrons. The monoisotopic (exact) mass is 410 g/mol. The van der Waals surface area contributed by atoms with Crippen molar-refractivity contribution in [3.63, 3.8) is 0 Å². The first-order valence-electron chi connectivity index (χ1n) is 10.9. The number of carbonyl (C=O) groups excluding carboxylic acids is 1. The summed E-state index contributed by atoms with van der Waals surface area (Å²) < 4.78 is 0.